The minimum atomic E-state index is -0.482. The normalized spacial score (nSPS) is 22.7. The fourth-order valence-corrected chi connectivity index (χ4v) is 1.16. The molecule has 4 heteroatoms. The van der Waals surface area contributed by atoms with Crippen LogP contribution in [0.2, 0.25) is 0 Å². The number of esters is 1. The monoisotopic (exact) mass is 187 g/mol. The smallest absolute Gasteiger partial charge is 0.329 e. The Kier molecular flexibility index (Phi) is 2.59. The molecule has 1 rings (SSSR count). The van der Waals surface area contributed by atoms with Gasteiger partial charge in [0.15, 0.2) is 0 Å². The maximum atomic E-state index is 11.4. The molecular weight excluding hydrogens is 170 g/mol. The molecule has 1 N–H and O–H groups in total. The summed E-state index contributed by atoms with van der Waals surface area (Å²) in [4.78, 5) is 22.2. The van der Waals surface area contributed by atoms with Crippen LogP contribution in [-0.4, -0.2) is 23.5 Å². The van der Waals surface area contributed by atoms with Crippen molar-refractivity contribution in [3.8, 4) is 0 Å². The summed E-state index contributed by atoms with van der Waals surface area (Å²) in [7, 11) is 0. The second-order valence-electron chi connectivity index (χ2n) is 4.19. The lowest BCUT2D eigenvalue weighted by Gasteiger charge is -2.21. The summed E-state index contributed by atoms with van der Waals surface area (Å²) in [6.45, 7) is 5.42. The second-order valence-corrected chi connectivity index (χ2v) is 4.19. The van der Waals surface area contributed by atoms with Gasteiger partial charge in [0.25, 0.3) is 0 Å². The van der Waals surface area contributed by atoms with Gasteiger partial charge in [-0.2, -0.15) is 0 Å². The van der Waals surface area contributed by atoms with Crippen molar-refractivity contribution < 1.29 is 15.8 Å². The Hall–Kier alpha value is -1.06. The predicted octanol–water partition coefficient (Wildman–Crippen LogP) is 0.853. The molecule has 76 valence electrons. The van der Waals surface area contributed by atoms with E-state index in [-0.39, 0.29) is 13.3 Å². The SMILES string of the molecule is CC(C)(C)OC(=O)[C@@H]1CCC(=O)N1.[HH]. The highest BCUT2D eigenvalue weighted by molar-refractivity contribution is 5.88. The van der Waals surface area contributed by atoms with Gasteiger partial charge in [0, 0.05) is 7.85 Å². The molecule has 13 heavy (non-hydrogen) atoms. The number of carbonyl (C=O) groups excluding carboxylic acids is 2. The van der Waals surface area contributed by atoms with Crippen LogP contribution >= 0.6 is 0 Å². The molecule has 1 atom stereocenters. The third-order valence-electron chi connectivity index (χ3n) is 1.69. The molecule has 0 aromatic heterocycles. The summed E-state index contributed by atoms with van der Waals surface area (Å²) in [5.41, 5.74) is -0.482. The molecule has 0 radical (unpaired) electrons. The number of nitrogens with one attached hydrogen (secondary N) is 1. The van der Waals surface area contributed by atoms with Gasteiger partial charge in [-0.3, -0.25) is 4.79 Å². The lowest BCUT2D eigenvalue weighted by Crippen LogP contribution is -2.38. The predicted molar refractivity (Wildman–Crippen MR) is 49.1 cm³/mol. The molecule has 4 nitrogen and oxygen atoms in total. The molecule has 0 aromatic carbocycles. The van der Waals surface area contributed by atoms with Crippen molar-refractivity contribution in [1.82, 2.24) is 5.32 Å². The zero-order valence-electron chi connectivity index (χ0n) is 8.22. The highest BCUT2D eigenvalue weighted by atomic mass is 16.6. The van der Waals surface area contributed by atoms with E-state index in [9.17, 15) is 9.59 Å². The van der Waals surface area contributed by atoms with Crippen molar-refractivity contribution in [3.05, 3.63) is 0 Å². The number of rotatable bonds is 1. The molecule has 0 spiro atoms. The van der Waals surface area contributed by atoms with E-state index in [0.29, 0.717) is 12.8 Å². The van der Waals surface area contributed by atoms with Crippen molar-refractivity contribution >= 4 is 11.9 Å². The number of carbonyl (C=O) groups is 2. The largest absolute Gasteiger partial charge is 0.458 e. The van der Waals surface area contributed by atoms with Crippen LogP contribution in [0.25, 0.3) is 0 Å². The minimum absolute atomic E-state index is 0. The van der Waals surface area contributed by atoms with Crippen LogP contribution in [0.15, 0.2) is 0 Å². The Morgan fingerprint density at radius 2 is 2.23 bits per heavy atom. The summed E-state index contributed by atoms with van der Waals surface area (Å²) in [6.07, 6.45) is 0.970. The van der Waals surface area contributed by atoms with Gasteiger partial charge in [0.1, 0.15) is 11.6 Å². The van der Waals surface area contributed by atoms with Crippen LogP contribution in [0.5, 0.6) is 0 Å². The summed E-state index contributed by atoms with van der Waals surface area (Å²) in [5.74, 6) is -0.408. The van der Waals surface area contributed by atoms with E-state index in [0.717, 1.165) is 0 Å². The van der Waals surface area contributed by atoms with Crippen LogP contribution in [0.3, 0.4) is 0 Å². The molecule has 0 bridgehead atoms. The highest BCUT2D eigenvalue weighted by Gasteiger charge is 2.30. The van der Waals surface area contributed by atoms with Crippen molar-refractivity contribution in [2.75, 3.05) is 0 Å². The first-order chi connectivity index (χ1) is 5.88. The minimum Gasteiger partial charge on any atom is -0.458 e. The molecule has 0 aliphatic carbocycles. The van der Waals surface area contributed by atoms with Crippen molar-refractivity contribution in [3.63, 3.8) is 0 Å². The molecule has 1 heterocycles. The van der Waals surface area contributed by atoms with E-state index in [1.807, 2.05) is 20.8 Å². The highest BCUT2D eigenvalue weighted by Crippen LogP contribution is 2.13. The third kappa shape index (κ3) is 3.05. The Balaban J connectivity index is 0.00000169. The first-order valence-electron chi connectivity index (χ1n) is 4.41. The molecule has 0 aromatic rings. The molecule has 0 saturated carbocycles. The maximum Gasteiger partial charge on any atom is 0.329 e. The standard InChI is InChI=1S/C9H15NO3.H2/c1-9(2,3)13-8(12)6-4-5-7(11)10-6;/h6H,4-5H2,1-3H3,(H,10,11);1H/t6-;/m0./s1. The van der Waals surface area contributed by atoms with Crippen LogP contribution in [-0.2, 0) is 14.3 Å². The zero-order valence-corrected chi connectivity index (χ0v) is 8.22. The van der Waals surface area contributed by atoms with E-state index in [2.05, 4.69) is 5.32 Å². The third-order valence-corrected chi connectivity index (χ3v) is 1.69. The van der Waals surface area contributed by atoms with Gasteiger partial charge in [-0.1, -0.05) is 0 Å². The van der Waals surface area contributed by atoms with Gasteiger partial charge in [0.2, 0.25) is 5.91 Å². The maximum absolute atomic E-state index is 11.4. The van der Waals surface area contributed by atoms with Crippen molar-refractivity contribution in [1.29, 1.82) is 0 Å². The topological polar surface area (TPSA) is 55.4 Å². The average molecular weight is 187 g/mol. The Bertz CT molecular complexity index is 235. The van der Waals surface area contributed by atoms with E-state index >= 15 is 0 Å². The lowest BCUT2D eigenvalue weighted by molar-refractivity contribution is -0.157. The lowest BCUT2D eigenvalue weighted by atomic mass is 10.2. The van der Waals surface area contributed by atoms with E-state index in [4.69, 9.17) is 4.74 Å². The van der Waals surface area contributed by atoms with E-state index < -0.39 is 11.6 Å². The number of hydrogen-bond donors (Lipinski definition) is 1. The van der Waals surface area contributed by atoms with Gasteiger partial charge < -0.3 is 10.1 Å². The van der Waals surface area contributed by atoms with Gasteiger partial charge in [-0.15, -0.1) is 0 Å². The molecular formula is C9H17NO3. The quantitative estimate of drug-likeness (QED) is 0.619. The number of ether oxygens (including phenoxy) is 1. The second kappa shape index (κ2) is 3.36. The average Bonchev–Trinajstić information content (AvgIpc) is 2.31. The Morgan fingerprint density at radius 1 is 1.62 bits per heavy atom. The van der Waals surface area contributed by atoms with Gasteiger partial charge in [0.05, 0.1) is 0 Å². The van der Waals surface area contributed by atoms with Gasteiger partial charge in [-0.05, 0) is 27.2 Å². The van der Waals surface area contributed by atoms with Gasteiger partial charge in [-0.25, -0.2) is 4.79 Å². The zero-order chi connectivity index (χ0) is 10.1. The molecule has 1 aliphatic rings. The van der Waals surface area contributed by atoms with Crippen LogP contribution in [0.1, 0.15) is 35.0 Å². The summed E-state index contributed by atoms with van der Waals surface area (Å²) >= 11 is 0. The Labute approximate surface area is 79.1 Å². The summed E-state index contributed by atoms with van der Waals surface area (Å²) < 4.78 is 5.12. The Morgan fingerprint density at radius 3 is 2.62 bits per heavy atom. The molecule has 1 aliphatic heterocycles. The van der Waals surface area contributed by atoms with Crippen LogP contribution in [0, 0.1) is 0 Å². The van der Waals surface area contributed by atoms with Gasteiger partial charge >= 0.3 is 5.97 Å². The van der Waals surface area contributed by atoms with Crippen molar-refractivity contribution in [2.24, 2.45) is 0 Å². The number of amides is 1. The number of hydrogen-bond acceptors (Lipinski definition) is 3. The van der Waals surface area contributed by atoms with Crippen molar-refractivity contribution in [2.45, 2.75) is 45.3 Å². The molecule has 0 unspecified atom stereocenters. The van der Waals surface area contributed by atoms with Crippen LogP contribution < -0.4 is 5.32 Å². The first-order valence-corrected chi connectivity index (χ1v) is 4.41. The van der Waals surface area contributed by atoms with E-state index in [1.165, 1.54) is 0 Å². The summed E-state index contributed by atoms with van der Waals surface area (Å²) in [6, 6.07) is -0.438. The molecule has 1 amide bonds. The fraction of sp³-hybridized carbons (Fsp3) is 0.778. The molecule has 1 fully saturated rings. The van der Waals surface area contributed by atoms with Crippen LogP contribution in [0.4, 0.5) is 0 Å². The summed E-state index contributed by atoms with van der Waals surface area (Å²) in [5, 5.41) is 2.56. The first kappa shape index (κ1) is 10.0. The fourth-order valence-electron chi connectivity index (χ4n) is 1.16. The molecule has 1 saturated heterocycles. The van der Waals surface area contributed by atoms with E-state index in [1.54, 1.807) is 0 Å².